The van der Waals surface area contributed by atoms with E-state index >= 15 is 0 Å². The molecule has 3 rings (SSSR count). The van der Waals surface area contributed by atoms with Gasteiger partial charge in [-0.15, -0.1) is 0 Å². The summed E-state index contributed by atoms with van der Waals surface area (Å²) in [4.78, 5) is 15.9. The number of nitrogens with one attached hydrogen (secondary N) is 1. The predicted molar refractivity (Wildman–Crippen MR) is 94.6 cm³/mol. The minimum atomic E-state index is -3.60. The molecule has 0 radical (unpaired) electrons. The van der Waals surface area contributed by atoms with Crippen LogP contribution in [-0.2, 0) is 19.6 Å². The maximum Gasteiger partial charge on any atom is 0.328 e. The van der Waals surface area contributed by atoms with Gasteiger partial charge in [0, 0.05) is 5.56 Å². The van der Waals surface area contributed by atoms with Crippen molar-refractivity contribution in [3.8, 4) is 0 Å². The minimum absolute atomic E-state index is 0.126. The monoisotopic (exact) mass is 356 g/mol. The van der Waals surface area contributed by atoms with Crippen molar-refractivity contribution in [3.63, 3.8) is 0 Å². The van der Waals surface area contributed by atoms with Crippen LogP contribution in [0, 0.1) is 0 Å². The zero-order chi connectivity index (χ0) is 17.7. The molecular formula is C18H16N2O4S. The molecule has 1 aliphatic rings. The first-order chi connectivity index (χ1) is 12.1. The number of hydrogen-bond donors (Lipinski definition) is 1. The van der Waals surface area contributed by atoms with E-state index in [9.17, 15) is 13.2 Å². The standard InChI is InChI=1S/C18H16N2O4S/c21-17(24-12-6-9-14-7-2-1-3-8-14)13-19-18-15-10-4-5-11-16(15)25(22,23)20-18/h1-11H,12-13H2,(H,19,20)/b9-6+. The van der Waals surface area contributed by atoms with Gasteiger partial charge in [0.1, 0.15) is 19.0 Å². The molecule has 0 unspecified atom stereocenters. The number of amidine groups is 1. The molecule has 7 heteroatoms. The van der Waals surface area contributed by atoms with Gasteiger partial charge in [-0.3, -0.25) is 14.5 Å². The molecule has 0 aromatic heterocycles. The van der Waals surface area contributed by atoms with Crippen LogP contribution in [0.15, 0.2) is 70.6 Å². The third-order valence-corrected chi connectivity index (χ3v) is 4.88. The van der Waals surface area contributed by atoms with E-state index < -0.39 is 16.0 Å². The quantitative estimate of drug-likeness (QED) is 0.830. The lowest BCUT2D eigenvalue weighted by Crippen LogP contribution is -2.23. The highest BCUT2D eigenvalue weighted by atomic mass is 32.2. The van der Waals surface area contributed by atoms with Gasteiger partial charge in [0.2, 0.25) is 0 Å². The van der Waals surface area contributed by atoms with Crippen LogP contribution in [0.25, 0.3) is 6.08 Å². The van der Waals surface area contributed by atoms with E-state index in [1.165, 1.54) is 6.07 Å². The van der Waals surface area contributed by atoms with Crippen LogP contribution in [0.1, 0.15) is 11.1 Å². The third kappa shape index (κ3) is 4.13. The lowest BCUT2D eigenvalue weighted by molar-refractivity contribution is -0.140. The zero-order valence-electron chi connectivity index (χ0n) is 13.3. The minimum Gasteiger partial charge on any atom is -0.460 e. The topological polar surface area (TPSA) is 84.8 Å². The average Bonchev–Trinajstić information content (AvgIpc) is 2.89. The Morgan fingerprint density at radius 1 is 1.08 bits per heavy atom. The molecule has 1 aliphatic heterocycles. The SMILES string of the molecule is O=C(CN=C1NS(=O)(=O)c2ccccc21)OC/C=C/c1ccccc1. The number of hydrogen-bond acceptors (Lipinski definition) is 5. The van der Waals surface area contributed by atoms with Gasteiger partial charge in [-0.1, -0.05) is 48.5 Å². The van der Waals surface area contributed by atoms with Crippen molar-refractivity contribution in [3.05, 3.63) is 71.8 Å². The van der Waals surface area contributed by atoms with Crippen LogP contribution >= 0.6 is 0 Å². The Hall–Kier alpha value is -2.93. The lowest BCUT2D eigenvalue weighted by atomic mass is 10.2. The first-order valence-corrected chi connectivity index (χ1v) is 9.08. The molecule has 0 fully saturated rings. The number of esters is 1. The van der Waals surface area contributed by atoms with Gasteiger partial charge in [-0.2, -0.15) is 0 Å². The van der Waals surface area contributed by atoms with E-state index in [0.717, 1.165) is 5.56 Å². The number of ether oxygens (including phenoxy) is 1. The summed E-state index contributed by atoms with van der Waals surface area (Å²) in [7, 11) is -3.60. The first kappa shape index (κ1) is 16.9. The summed E-state index contributed by atoms with van der Waals surface area (Å²) in [5, 5.41) is 0. The van der Waals surface area contributed by atoms with Crippen molar-refractivity contribution in [2.24, 2.45) is 4.99 Å². The second-order valence-electron chi connectivity index (χ2n) is 5.26. The number of fused-ring (bicyclic) bond motifs is 1. The predicted octanol–water partition coefficient (Wildman–Crippen LogP) is 1.98. The lowest BCUT2D eigenvalue weighted by Gasteiger charge is -2.01. The first-order valence-electron chi connectivity index (χ1n) is 7.60. The highest BCUT2D eigenvalue weighted by Gasteiger charge is 2.30. The number of carbonyl (C=O) groups is 1. The number of rotatable bonds is 5. The Morgan fingerprint density at radius 2 is 1.80 bits per heavy atom. The molecular weight excluding hydrogens is 340 g/mol. The van der Waals surface area contributed by atoms with Crippen molar-refractivity contribution in [1.29, 1.82) is 0 Å². The molecule has 0 saturated carbocycles. The average molecular weight is 356 g/mol. The molecule has 1 N–H and O–H groups in total. The normalized spacial score (nSPS) is 16.6. The van der Waals surface area contributed by atoms with E-state index in [2.05, 4.69) is 9.71 Å². The Kier molecular flexibility index (Phi) is 4.95. The van der Waals surface area contributed by atoms with Gasteiger partial charge in [-0.25, -0.2) is 8.42 Å². The Morgan fingerprint density at radius 3 is 2.60 bits per heavy atom. The van der Waals surface area contributed by atoms with Gasteiger partial charge in [0.25, 0.3) is 10.0 Å². The summed E-state index contributed by atoms with van der Waals surface area (Å²) < 4.78 is 31.3. The van der Waals surface area contributed by atoms with Crippen LogP contribution in [0.2, 0.25) is 0 Å². The zero-order valence-corrected chi connectivity index (χ0v) is 14.1. The molecule has 0 saturated heterocycles. The fourth-order valence-corrected chi connectivity index (χ4v) is 3.58. The fraction of sp³-hybridized carbons (Fsp3) is 0.111. The number of carbonyl (C=O) groups excluding carboxylic acids is 1. The molecule has 0 bridgehead atoms. The maximum absolute atomic E-state index is 11.9. The molecule has 2 aromatic carbocycles. The number of benzene rings is 2. The van der Waals surface area contributed by atoms with E-state index in [4.69, 9.17) is 4.74 Å². The maximum atomic E-state index is 11.9. The van der Waals surface area contributed by atoms with Gasteiger partial charge < -0.3 is 4.74 Å². The number of aliphatic imine (C=N–C) groups is 1. The van der Waals surface area contributed by atoms with Crippen molar-refractivity contribution >= 4 is 27.9 Å². The number of sulfonamides is 1. The molecule has 25 heavy (non-hydrogen) atoms. The van der Waals surface area contributed by atoms with Crippen molar-refractivity contribution < 1.29 is 17.9 Å². The molecule has 128 valence electrons. The summed E-state index contributed by atoms with van der Waals surface area (Å²) in [6.45, 7) is -0.133. The van der Waals surface area contributed by atoms with Crippen molar-refractivity contribution in [2.45, 2.75) is 4.90 Å². The molecule has 1 heterocycles. The van der Waals surface area contributed by atoms with Crippen LogP contribution < -0.4 is 4.72 Å². The van der Waals surface area contributed by atoms with Crippen LogP contribution in [-0.4, -0.2) is 33.4 Å². The smallest absolute Gasteiger partial charge is 0.328 e. The Balaban J connectivity index is 1.56. The van der Waals surface area contributed by atoms with Gasteiger partial charge in [0.05, 0.1) is 4.90 Å². The molecule has 0 atom stereocenters. The highest BCUT2D eigenvalue weighted by Crippen LogP contribution is 2.21. The molecule has 2 aromatic rings. The van der Waals surface area contributed by atoms with Crippen LogP contribution in [0.3, 0.4) is 0 Å². The van der Waals surface area contributed by atoms with E-state index in [0.29, 0.717) is 5.56 Å². The Bertz CT molecular complexity index is 935. The molecule has 0 amide bonds. The van der Waals surface area contributed by atoms with E-state index in [1.807, 2.05) is 36.4 Å². The summed E-state index contributed by atoms with van der Waals surface area (Å²) in [5.74, 6) is -0.374. The largest absolute Gasteiger partial charge is 0.460 e. The highest BCUT2D eigenvalue weighted by molar-refractivity contribution is 7.90. The summed E-state index contributed by atoms with van der Waals surface area (Å²) >= 11 is 0. The summed E-state index contributed by atoms with van der Waals surface area (Å²) in [6, 6.07) is 16.1. The van der Waals surface area contributed by atoms with Crippen LogP contribution in [0.5, 0.6) is 0 Å². The number of nitrogens with zero attached hydrogens (tertiary/aromatic N) is 1. The third-order valence-electron chi connectivity index (χ3n) is 3.48. The molecule has 6 nitrogen and oxygen atoms in total. The van der Waals surface area contributed by atoms with Crippen molar-refractivity contribution in [1.82, 2.24) is 4.72 Å². The van der Waals surface area contributed by atoms with Crippen LogP contribution in [0.4, 0.5) is 0 Å². The van der Waals surface area contributed by atoms with Gasteiger partial charge >= 0.3 is 5.97 Å². The second kappa shape index (κ2) is 7.31. The van der Waals surface area contributed by atoms with E-state index in [-0.39, 0.29) is 23.9 Å². The van der Waals surface area contributed by atoms with Gasteiger partial charge in [-0.05, 0) is 23.8 Å². The van der Waals surface area contributed by atoms with E-state index in [1.54, 1.807) is 24.3 Å². The fourth-order valence-electron chi connectivity index (χ4n) is 2.33. The van der Waals surface area contributed by atoms with Gasteiger partial charge in [0.15, 0.2) is 0 Å². The summed E-state index contributed by atoms with van der Waals surface area (Å²) in [5.41, 5.74) is 1.47. The Labute approximate surface area is 145 Å². The molecule has 0 aliphatic carbocycles. The summed E-state index contributed by atoms with van der Waals surface area (Å²) in [6.07, 6.45) is 3.58. The second-order valence-corrected chi connectivity index (χ2v) is 6.91. The van der Waals surface area contributed by atoms with Crippen molar-refractivity contribution in [2.75, 3.05) is 13.2 Å². The molecule has 0 spiro atoms.